The molecule has 1 amide bonds. The Morgan fingerprint density at radius 2 is 1.92 bits per heavy atom. The molecule has 140 valence electrons. The number of fused-ring (bicyclic) bond motifs is 3. The predicted octanol–water partition coefficient (Wildman–Crippen LogP) is 1.70. The van der Waals surface area contributed by atoms with Crippen LogP contribution in [-0.4, -0.2) is 66.7 Å². The summed E-state index contributed by atoms with van der Waals surface area (Å²) in [6.07, 6.45) is 8.50. The van der Waals surface area contributed by atoms with Gasteiger partial charge in [0.1, 0.15) is 5.56 Å². The zero-order valence-corrected chi connectivity index (χ0v) is 15.5. The molecular formula is C19H27N5O2. The molecule has 2 aliphatic rings. The van der Waals surface area contributed by atoms with E-state index in [-0.39, 0.29) is 24.1 Å². The smallest absolute Gasteiger partial charge is 0.259 e. The molecule has 0 aromatic carbocycles. The van der Waals surface area contributed by atoms with Gasteiger partial charge >= 0.3 is 0 Å². The molecule has 1 N–H and O–H groups in total. The fourth-order valence-corrected chi connectivity index (χ4v) is 4.47. The highest BCUT2D eigenvalue weighted by atomic mass is 16.3. The first kappa shape index (κ1) is 17.4. The number of amides is 1. The van der Waals surface area contributed by atoms with E-state index in [1.54, 1.807) is 10.7 Å². The van der Waals surface area contributed by atoms with Crippen molar-refractivity contribution < 1.29 is 9.90 Å². The van der Waals surface area contributed by atoms with E-state index in [1.807, 2.05) is 17.3 Å². The van der Waals surface area contributed by atoms with Crippen molar-refractivity contribution in [2.45, 2.75) is 64.3 Å². The van der Waals surface area contributed by atoms with E-state index >= 15 is 0 Å². The van der Waals surface area contributed by atoms with Gasteiger partial charge in [-0.05, 0) is 38.8 Å². The van der Waals surface area contributed by atoms with Crippen LogP contribution in [0.15, 0.2) is 18.6 Å². The van der Waals surface area contributed by atoms with Gasteiger partial charge in [0.2, 0.25) is 0 Å². The van der Waals surface area contributed by atoms with Crippen molar-refractivity contribution in [3.05, 3.63) is 29.7 Å². The Balaban J connectivity index is 1.58. The predicted molar refractivity (Wildman–Crippen MR) is 97.8 cm³/mol. The van der Waals surface area contributed by atoms with E-state index in [0.29, 0.717) is 24.1 Å². The lowest BCUT2D eigenvalue weighted by Crippen LogP contribution is -2.48. The SMILES string of the molecule is CCN(CC)Cc1cnc2c(C(=O)N3[C@@H]4CC[C@H]3CC(O)C4)cnn2c1. The van der Waals surface area contributed by atoms with Crippen molar-refractivity contribution in [2.24, 2.45) is 0 Å². The third-order valence-corrected chi connectivity index (χ3v) is 5.88. The summed E-state index contributed by atoms with van der Waals surface area (Å²) < 4.78 is 1.72. The van der Waals surface area contributed by atoms with Crippen LogP contribution in [0.4, 0.5) is 0 Å². The van der Waals surface area contributed by atoms with Crippen LogP contribution < -0.4 is 0 Å². The first-order chi connectivity index (χ1) is 12.6. The van der Waals surface area contributed by atoms with Crippen molar-refractivity contribution in [3.8, 4) is 0 Å². The van der Waals surface area contributed by atoms with Crippen LogP contribution in [-0.2, 0) is 6.54 Å². The fraction of sp³-hybridized carbons (Fsp3) is 0.632. The van der Waals surface area contributed by atoms with Crippen molar-refractivity contribution in [3.63, 3.8) is 0 Å². The third-order valence-electron chi connectivity index (χ3n) is 5.88. The lowest BCUT2D eigenvalue weighted by Gasteiger charge is -2.37. The number of aliphatic hydroxyl groups excluding tert-OH is 1. The minimum absolute atomic E-state index is 0.00314. The Morgan fingerprint density at radius 3 is 2.58 bits per heavy atom. The number of carbonyl (C=O) groups excluding carboxylic acids is 1. The molecular weight excluding hydrogens is 330 g/mol. The first-order valence-electron chi connectivity index (χ1n) is 9.66. The summed E-state index contributed by atoms with van der Waals surface area (Å²) in [5.41, 5.74) is 2.26. The molecule has 7 heteroatoms. The minimum atomic E-state index is -0.277. The summed E-state index contributed by atoms with van der Waals surface area (Å²) in [4.78, 5) is 22.0. The second-order valence-corrected chi connectivity index (χ2v) is 7.47. The van der Waals surface area contributed by atoms with Crippen LogP contribution >= 0.6 is 0 Å². The molecule has 2 aromatic heterocycles. The van der Waals surface area contributed by atoms with Gasteiger partial charge in [0.15, 0.2) is 5.65 Å². The zero-order valence-electron chi connectivity index (χ0n) is 15.5. The largest absolute Gasteiger partial charge is 0.393 e. The van der Waals surface area contributed by atoms with Crippen LogP contribution in [0, 0.1) is 0 Å². The Hall–Kier alpha value is -1.99. The van der Waals surface area contributed by atoms with Gasteiger partial charge in [-0.15, -0.1) is 0 Å². The van der Waals surface area contributed by atoms with E-state index < -0.39 is 0 Å². The maximum atomic E-state index is 13.1. The number of hydrogen-bond acceptors (Lipinski definition) is 5. The standard InChI is InChI=1S/C19H27N5O2/c1-3-22(4-2)11-13-9-20-18-17(10-21-23(18)12-13)19(26)24-14-5-6-15(24)8-16(25)7-14/h9-10,12,14-16,25H,3-8,11H2,1-2H3/t14-,15+,16?. The summed E-state index contributed by atoms with van der Waals surface area (Å²) in [7, 11) is 0. The van der Waals surface area contributed by atoms with Gasteiger partial charge < -0.3 is 10.0 Å². The fourth-order valence-electron chi connectivity index (χ4n) is 4.47. The van der Waals surface area contributed by atoms with Gasteiger partial charge in [0, 0.05) is 36.6 Å². The van der Waals surface area contributed by atoms with Gasteiger partial charge in [-0.2, -0.15) is 5.10 Å². The minimum Gasteiger partial charge on any atom is -0.393 e. The molecule has 2 aliphatic heterocycles. The Bertz CT molecular complexity index is 786. The van der Waals surface area contributed by atoms with E-state index in [9.17, 15) is 9.90 Å². The zero-order chi connectivity index (χ0) is 18.3. The Morgan fingerprint density at radius 1 is 1.23 bits per heavy atom. The Labute approximate surface area is 153 Å². The van der Waals surface area contributed by atoms with Crippen molar-refractivity contribution in [1.29, 1.82) is 0 Å². The normalized spacial score (nSPS) is 25.4. The van der Waals surface area contributed by atoms with Gasteiger partial charge in [-0.1, -0.05) is 13.8 Å². The third kappa shape index (κ3) is 2.99. The van der Waals surface area contributed by atoms with E-state index in [4.69, 9.17) is 0 Å². The van der Waals surface area contributed by atoms with Gasteiger partial charge in [-0.25, -0.2) is 9.50 Å². The monoisotopic (exact) mass is 357 g/mol. The van der Waals surface area contributed by atoms with Crippen molar-refractivity contribution >= 4 is 11.6 Å². The molecule has 3 atom stereocenters. The molecule has 2 saturated heterocycles. The van der Waals surface area contributed by atoms with Gasteiger partial charge in [0.05, 0.1) is 12.3 Å². The molecule has 0 aliphatic carbocycles. The highest BCUT2D eigenvalue weighted by Gasteiger charge is 2.43. The molecule has 4 heterocycles. The average molecular weight is 357 g/mol. The number of rotatable bonds is 5. The molecule has 0 radical (unpaired) electrons. The molecule has 0 saturated carbocycles. The topological polar surface area (TPSA) is 74.0 Å². The number of carbonyl (C=O) groups is 1. The van der Waals surface area contributed by atoms with Crippen molar-refractivity contribution in [2.75, 3.05) is 13.1 Å². The lowest BCUT2D eigenvalue weighted by molar-refractivity contribution is 0.0288. The molecule has 7 nitrogen and oxygen atoms in total. The highest BCUT2D eigenvalue weighted by Crippen LogP contribution is 2.37. The van der Waals surface area contributed by atoms with Crippen LogP contribution in [0.1, 0.15) is 55.5 Å². The van der Waals surface area contributed by atoms with Crippen LogP contribution in [0.3, 0.4) is 0 Å². The van der Waals surface area contributed by atoms with Crippen LogP contribution in [0.5, 0.6) is 0 Å². The summed E-state index contributed by atoms with van der Waals surface area (Å²) in [6, 6.07) is 0.293. The number of piperidine rings is 1. The van der Waals surface area contributed by atoms with Crippen molar-refractivity contribution in [1.82, 2.24) is 24.4 Å². The number of aliphatic hydroxyl groups is 1. The number of aromatic nitrogens is 3. The summed E-state index contributed by atoms with van der Waals surface area (Å²) >= 11 is 0. The van der Waals surface area contributed by atoms with E-state index in [2.05, 4.69) is 28.8 Å². The molecule has 0 spiro atoms. The lowest BCUT2D eigenvalue weighted by atomic mass is 9.99. The molecule has 1 unspecified atom stereocenters. The second-order valence-electron chi connectivity index (χ2n) is 7.47. The van der Waals surface area contributed by atoms with E-state index in [0.717, 1.165) is 38.0 Å². The number of nitrogens with zero attached hydrogens (tertiary/aromatic N) is 5. The molecule has 2 aromatic rings. The maximum Gasteiger partial charge on any atom is 0.259 e. The molecule has 2 fully saturated rings. The highest BCUT2D eigenvalue weighted by molar-refractivity contribution is 6.00. The summed E-state index contributed by atoms with van der Waals surface area (Å²) in [5, 5.41) is 14.3. The van der Waals surface area contributed by atoms with Crippen LogP contribution in [0.2, 0.25) is 0 Å². The molecule has 26 heavy (non-hydrogen) atoms. The first-order valence-corrected chi connectivity index (χ1v) is 9.66. The molecule has 2 bridgehead atoms. The van der Waals surface area contributed by atoms with Gasteiger partial charge in [0.25, 0.3) is 5.91 Å². The number of hydrogen-bond donors (Lipinski definition) is 1. The second kappa shape index (κ2) is 6.96. The summed E-state index contributed by atoms with van der Waals surface area (Å²) in [5.74, 6) is 0.00314. The molecule has 4 rings (SSSR count). The Kier molecular flexibility index (Phi) is 4.67. The van der Waals surface area contributed by atoms with Gasteiger partial charge in [-0.3, -0.25) is 9.69 Å². The maximum absolute atomic E-state index is 13.1. The quantitative estimate of drug-likeness (QED) is 0.882. The van der Waals surface area contributed by atoms with E-state index in [1.165, 1.54) is 0 Å². The van der Waals surface area contributed by atoms with Crippen LogP contribution in [0.25, 0.3) is 5.65 Å². The average Bonchev–Trinajstić information content (AvgIpc) is 3.18. The summed E-state index contributed by atoms with van der Waals surface area (Å²) in [6.45, 7) is 7.09.